The third kappa shape index (κ3) is 4.22. The van der Waals surface area contributed by atoms with Crippen molar-refractivity contribution in [1.29, 1.82) is 0 Å². The lowest BCUT2D eigenvalue weighted by Gasteiger charge is -2.18. The molecule has 2 aromatic rings. The number of hydrogen-bond donors (Lipinski definition) is 2. The molecule has 0 unspecified atom stereocenters. The van der Waals surface area contributed by atoms with Crippen molar-refractivity contribution in [3.8, 4) is 0 Å². The lowest BCUT2D eigenvalue weighted by molar-refractivity contribution is -0.384. The largest absolute Gasteiger partial charge is 0.365 e. The molecular formula is C19H19N3O4S. The normalized spacial score (nSPS) is 16.1. The second kappa shape index (κ2) is 7.71. The zero-order valence-corrected chi connectivity index (χ0v) is 15.5. The summed E-state index contributed by atoms with van der Waals surface area (Å²) < 4.78 is 0. The first-order chi connectivity index (χ1) is 12.8. The Morgan fingerprint density at radius 2 is 2.19 bits per heavy atom. The van der Waals surface area contributed by atoms with Gasteiger partial charge in [0.05, 0.1) is 10.5 Å². The van der Waals surface area contributed by atoms with Crippen molar-refractivity contribution in [1.82, 2.24) is 0 Å². The highest BCUT2D eigenvalue weighted by molar-refractivity contribution is 7.17. The molecule has 0 aliphatic heterocycles. The molecule has 0 fully saturated rings. The van der Waals surface area contributed by atoms with Crippen LogP contribution in [0.3, 0.4) is 0 Å². The standard InChI is InChI=1S/C19H19N3O4S/c1-11-5-7-14-15(9-11)27-19(17(14)18(20)24)21-16(23)8-6-12-3-2-4-13(10-12)22(25)26/h2-4,6,8,10-11H,5,7,9H2,1H3,(H2,20,24)(H,21,23)/b8-6+/t11-/m1/s1. The van der Waals surface area contributed by atoms with Crippen LogP contribution in [0.4, 0.5) is 10.7 Å². The van der Waals surface area contributed by atoms with Crippen molar-refractivity contribution >= 4 is 39.9 Å². The number of nitro groups is 1. The minimum absolute atomic E-state index is 0.0476. The third-order valence-corrected chi connectivity index (χ3v) is 5.67. The molecule has 8 heteroatoms. The number of hydrogen-bond acceptors (Lipinski definition) is 5. The van der Waals surface area contributed by atoms with Crippen LogP contribution in [0.2, 0.25) is 0 Å². The summed E-state index contributed by atoms with van der Waals surface area (Å²) in [7, 11) is 0. The number of nitrogens with one attached hydrogen (secondary N) is 1. The van der Waals surface area contributed by atoms with E-state index in [2.05, 4.69) is 12.2 Å². The maximum Gasteiger partial charge on any atom is 0.270 e. The van der Waals surface area contributed by atoms with Gasteiger partial charge in [-0.25, -0.2) is 0 Å². The van der Waals surface area contributed by atoms with Gasteiger partial charge in [-0.05, 0) is 42.4 Å². The summed E-state index contributed by atoms with van der Waals surface area (Å²) in [5.41, 5.74) is 7.38. The van der Waals surface area contributed by atoms with Crippen molar-refractivity contribution in [3.63, 3.8) is 0 Å². The van der Waals surface area contributed by atoms with Gasteiger partial charge in [0.25, 0.3) is 11.6 Å². The topological polar surface area (TPSA) is 115 Å². The monoisotopic (exact) mass is 385 g/mol. The van der Waals surface area contributed by atoms with Crippen LogP contribution >= 0.6 is 11.3 Å². The molecule has 1 aliphatic carbocycles. The van der Waals surface area contributed by atoms with Gasteiger partial charge in [-0.2, -0.15) is 0 Å². The van der Waals surface area contributed by atoms with E-state index < -0.39 is 16.7 Å². The Bertz CT molecular complexity index is 948. The number of nitrogens with zero attached hydrogens (tertiary/aromatic N) is 1. The van der Waals surface area contributed by atoms with Gasteiger partial charge in [0.2, 0.25) is 5.91 Å². The van der Waals surface area contributed by atoms with Crippen molar-refractivity contribution < 1.29 is 14.5 Å². The maximum atomic E-state index is 12.3. The molecule has 0 spiro atoms. The van der Waals surface area contributed by atoms with Gasteiger partial charge >= 0.3 is 0 Å². The Kier molecular flexibility index (Phi) is 5.36. The quantitative estimate of drug-likeness (QED) is 0.465. The van der Waals surface area contributed by atoms with Gasteiger partial charge in [-0.3, -0.25) is 19.7 Å². The Labute approximate surface area is 160 Å². The van der Waals surface area contributed by atoms with E-state index in [9.17, 15) is 19.7 Å². The summed E-state index contributed by atoms with van der Waals surface area (Å²) in [6.45, 7) is 2.16. The molecule has 0 saturated carbocycles. The van der Waals surface area contributed by atoms with Crippen LogP contribution in [0.15, 0.2) is 30.3 Å². The van der Waals surface area contributed by atoms with E-state index in [1.807, 2.05) is 0 Å². The zero-order valence-electron chi connectivity index (χ0n) is 14.7. The van der Waals surface area contributed by atoms with Crippen molar-refractivity contribution in [3.05, 3.63) is 62.0 Å². The van der Waals surface area contributed by atoms with Crippen molar-refractivity contribution in [2.75, 3.05) is 5.32 Å². The van der Waals surface area contributed by atoms with Gasteiger partial charge in [-0.1, -0.05) is 19.1 Å². The van der Waals surface area contributed by atoms with Gasteiger partial charge in [0.1, 0.15) is 5.00 Å². The van der Waals surface area contributed by atoms with E-state index in [4.69, 9.17) is 5.73 Å². The number of amides is 2. The predicted octanol–water partition coefficient (Wildman–Crippen LogP) is 3.53. The van der Waals surface area contributed by atoms with Crippen LogP contribution in [-0.2, 0) is 17.6 Å². The molecule has 140 valence electrons. The molecular weight excluding hydrogens is 366 g/mol. The van der Waals surface area contributed by atoms with E-state index in [1.165, 1.54) is 35.6 Å². The van der Waals surface area contributed by atoms with Crippen LogP contribution in [0.5, 0.6) is 0 Å². The van der Waals surface area contributed by atoms with Crippen molar-refractivity contribution in [2.24, 2.45) is 11.7 Å². The minimum Gasteiger partial charge on any atom is -0.365 e. The summed E-state index contributed by atoms with van der Waals surface area (Å²) in [5, 5.41) is 14.0. The van der Waals surface area contributed by atoms with Crippen LogP contribution in [0, 0.1) is 16.0 Å². The number of carbonyl (C=O) groups is 2. The molecule has 1 atom stereocenters. The molecule has 0 radical (unpaired) electrons. The highest BCUT2D eigenvalue weighted by Gasteiger charge is 2.26. The van der Waals surface area contributed by atoms with E-state index in [0.29, 0.717) is 22.0 Å². The van der Waals surface area contributed by atoms with Crippen molar-refractivity contribution in [2.45, 2.75) is 26.2 Å². The van der Waals surface area contributed by atoms with Crippen LogP contribution in [-0.4, -0.2) is 16.7 Å². The average Bonchev–Trinajstić information content (AvgIpc) is 2.97. The molecule has 27 heavy (non-hydrogen) atoms. The molecule has 1 aromatic heterocycles. The summed E-state index contributed by atoms with van der Waals surface area (Å²) in [6.07, 6.45) is 5.42. The van der Waals surface area contributed by atoms with Gasteiger partial charge < -0.3 is 11.1 Å². The maximum absolute atomic E-state index is 12.3. The number of carbonyl (C=O) groups excluding carboxylic acids is 2. The number of nitro benzene ring substituents is 1. The first kappa shape index (κ1) is 18.8. The molecule has 1 heterocycles. The van der Waals surface area contributed by atoms with Crippen LogP contribution in [0.1, 0.15) is 39.7 Å². The number of rotatable bonds is 5. The SMILES string of the molecule is C[C@@H]1CCc2c(sc(NC(=O)/C=C/c3cccc([N+](=O)[O-])c3)c2C(N)=O)C1. The number of anilines is 1. The fraction of sp³-hybridized carbons (Fsp3) is 0.263. The lowest BCUT2D eigenvalue weighted by atomic mass is 9.88. The molecule has 2 amide bonds. The molecule has 0 saturated heterocycles. The Hall–Kier alpha value is -3.00. The molecule has 7 nitrogen and oxygen atoms in total. The van der Waals surface area contributed by atoms with Gasteiger partial charge in [-0.15, -0.1) is 11.3 Å². The summed E-state index contributed by atoms with van der Waals surface area (Å²) in [6, 6.07) is 5.98. The van der Waals surface area contributed by atoms with Crippen LogP contribution < -0.4 is 11.1 Å². The molecule has 1 aliphatic rings. The van der Waals surface area contributed by atoms with E-state index >= 15 is 0 Å². The van der Waals surface area contributed by atoms with Gasteiger partial charge in [0.15, 0.2) is 0 Å². The number of primary amides is 1. The third-order valence-electron chi connectivity index (χ3n) is 4.50. The molecule has 0 bridgehead atoms. The highest BCUT2D eigenvalue weighted by atomic mass is 32.1. The number of benzene rings is 1. The Morgan fingerprint density at radius 1 is 1.41 bits per heavy atom. The van der Waals surface area contributed by atoms with Gasteiger partial charge in [0, 0.05) is 23.1 Å². The first-order valence-electron chi connectivity index (χ1n) is 8.53. The predicted molar refractivity (Wildman–Crippen MR) is 105 cm³/mol. The smallest absolute Gasteiger partial charge is 0.270 e. The van der Waals surface area contributed by atoms with E-state index in [0.717, 1.165) is 29.7 Å². The summed E-state index contributed by atoms with van der Waals surface area (Å²) in [5.74, 6) is -0.426. The molecule has 3 N–H and O–H groups in total. The zero-order chi connectivity index (χ0) is 19.6. The second-order valence-corrected chi connectivity index (χ2v) is 7.70. The number of non-ortho nitro benzene ring substituents is 1. The average molecular weight is 385 g/mol. The number of nitrogens with two attached hydrogens (primary N) is 1. The fourth-order valence-electron chi connectivity index (χ4n) is 3.17. The minimum atomic E-state index is -0.542. The fourth-order valence-corrected chi connectivity index (χ4v) is 4.59. The highest BCUT2D eigenvalue weighted by Crippen LogP contribution is 2.39. The summed E-state index contributed by atoms with van der Waals surface area (Å²) in [4.78, 5) is 35.6. The molecule has 3 rings (SSSR count). The van der Waals surface area contributed by atoms with E-state index in [-0.39, 0.29) is 5.69 Å². The molecule has 1 aromatic carbocycles. The Morgan fingerprint density at radius 3 is 2.89 bits per heavy atom. The Balaban J connectivity index is 1.79. The van der Waals surface area contributed by atoms with Crippen LogP contribution in [0.25, 0.3) is 6.08 Å². The summed E-state index contributed by atoms with van der Waals surface area (Å²) >= 11 is 1.39. The van der Waals surface area contributed by atoms with E-state index in [1.54, 1.807) is 12.1 Å². The second-order valence-electron chi connectivity index (χ2n) is 6.59. The number of thiophene rings is 1. The number of fused-ring (bicyclic) bond motifs is 1. The lowest BCUT2D eigenvalue weighted by Crippen LogP contribution is -2.18. The first-order valence-corrected chi connectivity index (χ1v) is 9.34.